The van der Waals surface area contributed by atoms with Gasteiger partial charge in [0.1, 0.15) is 5.76 Å². The molecule has 7 heteroatoms. The monoisotopic (exact) mass is 327 g/mol. The Hall–Kier alpha value is -1.72. The fourth-order valence-electron chi connectivity index (χ4n) is 2.18. The van der Waals surface area contributed by atoms with E-state index in [-0.39, 0.29) is 27.7 Å². The first-order valence-corrected chi connectivity index (χ1v) is 7.05. The van der Waals surface area contributed by atoms with Crippen molar-refractivity contribution in [3.05, 3.63) is 44.8 Å². The van der Waals surface area contributed by atoms with E-state index >= 15 is 0 Å². The van der Waals surface area contributed by atoms with Crippen molar-refractivity contribution in [2.75, 3.05) is 5.73 Å². The Bertz CT molecular complexity index is 655. The lowest BCUT2D eigenvalue weighted by Gasteiger charge is -2.14. The van der Waals surface area contributed by atoms with Gasteiger partial charge >= 0.3 is 0 Å². The molecule has 1 aromatic carbocycles. The number of nitrogen functional groups attached to an aromatic ring is 1. The number of benzene rings is 1. The second-order valence-corrected chi connectivity index (χ2v) is 5.60. The van der Waals surface area contributed by atoms with Crippen LogP contribution in [0.5, 0.6) is 0 Å². The number of hydrogen-bond donors (Lipinski definition) is 2. The van der Waals surface area contributed by atoms with Crippen LogP contribution in [0.1, 0.15) is 40.3 Å². The molecule has 0 saturated carbocycles. The summed E-state index contributed by atoms with van der Waals surface area (Å²) in [7, 11) is 0. The van der Waals surface area contributed by atoms with Gasteiger partial charge < -0.3 is 15.6 Å². The molecule has 1 unspecified atom stereocenters. The highest BCUT2D eigenvalue weighted by Gasteiger charge is 2.19. The number of nitrogens with one attached hydrogen (secondary N) is 1. The van der Waals surface area contributed by atoms with Crippen LogP contribution in [0.15, 0.2) is 16.7 Å². The van der Waals surface area contributed by atoms with Gasteiger partial charge in [0, 0.05) is 11.1 Å². The Morgan fingerprint density at radius 2 is 1.90 bits per heavy atom. The van der Waals surface area contributed by atoms with E-state index in [1.807, 2.05) is 13.8 Å². The van der Waals surface area contributed by atoms with Crippen LogP contribution >= 0.6 is 23.2 Å². The zero-order chi connectivity index (χ0) is 15.7. The fourth-order valence-corrected chi connectivity index (χ4v) is 2.66. The van der Waals surface area contributed by atoms with E-state index in [0.29, 0.717) is 11.3 Å². The van der Waals surface area contributed by atoms with Gasteiger partial charge in [-0.15, -0.1) is 0 Å². The van der Waals surface area contributed by atoms with Crippen LogP contribution in [-0.4, -0.2) is 11.1 Å². The molecule has 2 aromatic rings. The lowest BCUT2D eigenvalue weighted by molar-refractivity contribution is 0.0939. The molecule has 1 amide bonds. The molecule has 21 heavy (non-hydrogen) atoms. The van der Waals surface area contributed by atoms with Gasteiger partial charge in [0.2, 0.25) is 0 Å². The minimum Gasteiger partial charge on any atom is -0.396 e. The van der Waals surface area contributed by atoms with Crippen molar-refractivity contribution in [3.8, 4) is 0 Å². The number of carbonyl (C=O) groups is 1. The number of rotatable bonds is 3. The maximum Gasteiger partial charge on any atom is 0.251 e. The van der Waals surface area contributed by atoms with Crippen molar-refractivity contribution in [2.45, 2.75) is 26.8 Å². The third kappa shape index (κ3) is 3.14. The predicted octanol–water partition coefficient (Wildman–Crippen LogP) is 3.67. The molecule has 1 aromatic heterocycles. The molecule has 3 N–H and O–H groups in total. The SMILES string of the molecule is Cc1noc(C)c1C(C)NC(=O)c1cc(Cl)c(N)c(Cl)c1. The molecular formula is C14H15Cl2N3O2. The van der Waals surface area contributed by atoms with Crippen LogP contribution in [-0.2, 0) is 0 Å². The maximum atomic E-state index is 12.3. The Labute approximate surface area is 132 Å². The third-order valence-corrected chi connectivity index (χ3v) is 3.84. The smallest absolute Gasteiger partial charge is 0.251 e. The molecule has 1 heterocycles. The highest BCUT2D eigenvalue weighted by atomic mass is 35.5. The van der Waals surface area contributed by atoms with E-state index in [4.69, 9.17) is 33.5 Å². The highest BCUT2D eigenvalue weighted by Crippen LogP contribution is 2.29. The molecule has 0 radical (unpaired) electrons. The molecule has 0 fully saturated rings. The molecule has 0 aliphatic rings. The number of halogens is 2. The van der Waals surface area contributed by atoms with Gasteiger partial charge in [0.15, 0.2) is 0 Å². The first-order chi connectivity index (χ1) is 9.81. The van der Waals surface area contributed by atoms with Crippen LogP contribution in [0, 0.1) is 13.8 Å². The van der Waals surface area contributed by atoms with Crippen molar-refractivity contribution in [2.24, 2.45) is 0 Å². The van der Waals surface area contributed by atoms with E-state index in [0.717, 1.165) is 11.3 Å². The zero-order valence-electron chi connectivity index (χ0n) is 11.8. The quantitative estimate of drug-likeness (QED) is 0.842. The Morgan fingerprint density at radius 1 is 1.33 bits per heavy atom. The summed E-state index contributed by atoms with van der Waals surface area (Å²) in [5, 5.41) is 7.22. The number of amides is 1. The molecule has 1 atom stereocenters. The summed E-state index contributed by atoms with van der Waals surface area (Å²) in [4.78, 5) is 12.3. The summed E-state index contributed by atoms with van der Waals surface area (Å²) in [6.45, 7) is 5.48. The fraction of sp³-hybridized carbons (Fsp3) is 0.286. The second-order valence-electron chi connectivity index (χ2n) is 4.79. The van der Waals surface area contributed by atoms with Crippen molar-refractivity contribution >= 4 is 34.8 Å². The summed E-state index contributed by atoms with van der Waals surface area (Å²) >= 11 is 11.9. The first-order valence-electron chi connectivity index (χ1n) is 6.29. The average Bonchev–Trinajstić information content (AvgIpc) is 2.74. The third-order valence-electron chi connectivity index (χ3n) is 3.21. The number of aryl methyl sites for hydroxylation is 2. The normalized spacial score (nSPS) is 12.2. The van der Waals surface area contributed by atoms with Crippen molar-refractivity contribution in [3.63, 3.8) is 0 Å². The number of aromatic nitrogens is 1. The van der Waals surface area contributed by atoms with E-state index in [9.17, 15) is 4.79 Å². The Morgan fingerprint density at radius 3 is 2.38 bits per heavy atom. The molecule has 5 nitrogen and oxygen atoms in total. The minimum absolute atomic E-state index is 0.248. The van der Waals surface area contributed by atoms with Crippen LogP contribution in [0.2, 0.25) is 10.0 Å². The van der Waals surface area contributed by atoms with Gasteiger partial charge in [-0.05, 0) is 32.9 Å². The van der Waals surface area contributed by atoms with Gasteiger partial charge in [0.25, 0.3) is 5.91 Å². The number of carbonyl (C=O) groups excluding carboxylic acids is 1. The van der Waals surface area contributed by atoms with E-state index in [1.165, 1.54) is 12.1 Å². The van der Waals surface area contributed by atoms with Gasteiger partial charge in [-0.2, -0.15) is 0 Å². The summed E-state index contributed by atoms with van der Waals surface area (Å²) in [5.41, 5.74) is 7.86. The number of nitrogens with two attached hydrogens (primary N) is 1. The molecule has 0 bridgehead atoms. The molecular weight excluding hydrogens is 313 g/mol. The molecule has 2 rings (SSSR count). The number of hydrogen-bond acceptors (Lipinski definition) is 4. The van der Waals surface area contributed by atoms with Crippen LogP contribution in [0.4, 0.5) is 5.69 Å². The van der Waals surface area contributed by atoms with Crippen LogP contribution < -0.4 is 11.1 Å². The van der Waals surface area contributed by atoms with Gasteiger partial charge in [-0.1, -0.05) is 28.4 Å². The van der Waals surface area contributed by atoms with Crippen molar-refractivity contribution in [1.29, 1.82) is 0 Å². The van der Waals surface area contributed by atoms with Crippen LogP contribution in [0.25, 0.3) is 0 Å². The van der Waals surface area contributed by atoms with Crippen molar-refractivity contribution < 1.29 is 9.32 Å². The van der Waals surface area contributed by atoms with Gasteiger partial charge in [-0.3, -0.25) is 4.79 Å². The second kappa shape index (κ2) is 5.95. The summed E-state index contributed by atoms with van der Waals surface area (Å²) in [6, 6.07) is 2.72. The molecule has 112 valence electrons. The Kier molecular flexibility index (Phi) is 4.44. The summed E-state index contributed by atoms with van der Waals surface area (Å²) in [5.74, 6) is 0.375. The topological polar surface area (TPSA) is 81.2 Å². The van der Waals surface area contributed by atoms with E-state index in [2.05, 4.69) is 10.5 Å². The van der Waals surface area contributed by atoms with Gasteiger partial charge in [0.05, 0.1) is 27.5 Å². The average molecular weight is 328 g/mol. The summed E-state index contributed by atoms with van der Waals surface area (Å²) < 4.78 is 5.10. The van der Waals surface area contributed by atoms with Gasteiger partial charge in [-0.25, -0.2) is 0 Å². The first kappa shape index (κ1) is 15.7. The molecule has 0 spiro atoms. The van der Waals surface area contributed by atoms with Crippen LogP contribution in [0.3, 0.4) is 0 Å². The standard InChI is InChI=1S/C14H15Cl2N3O2/c1-6(12-7(2)19-21-8(12)3)18-14(20)9-4-10(15)13(17)11(16)5-9/h4-6H,17H2,1-3H3,(H,18,20). The maximum absolute atomic E-state index is 12.3. The van der Waals surface area contributed by atoms with Crippen molar-refractivity contribution in [1.82, 2.24) is 10.5 Å². The molecule has 0 saturated heterocycles. The lowest BCUT2D eigenvalue weighted by atomic mass is 10.1. The van der Waals surface area contributed by atoms with E-state index in [1.54, 1.807) is 6.92 Å². The summed E-state index contributed by atoms with van der Waals surface area (Å²) in [6.07, 6.45) is 0. The molecule has 0 aliphatic carbocycles. The minimum atomic E-state index is -0.300. The predicted molar refractivity (Wildman–Crippen MR) is 82.7 cm³/mol. The van der Waals surface area contributed by atoms with E-state index < -0.39 is 0 Å². The lowest BCUT2D eigenvalue weighted by Crippen LogP contribution is -2.27. The number of anilines is 1. The molecule has 0 aliphatic heterocycles. The largest absolute Gasteiger partial charge is 0.396 e. The highest BCUT2D eigenvalue weighted by molar-refractivity contribution is 6.39. The number of nitrogens with zero attached hydrogens (tertiary/aromatic N) is 1. The zero-order valence-corrected chi connectivity index (χ0v) is 13.3. The Balaban J connectivity index is 2.22.